The van der Waals surface area contributed by atoms with Gasteiger partial charge < -0.3 is 23.7 Å². The van der Waals surface area contributed by atoms with E-state index in [0.29, 0.717) is 11.3 Å². The van der Waals surface area contributed by atoms with Gasteiger partial charge in [0.1, 0.15) is 29.8 Å². The fourth-order valence-corrected chi connectivity index (χ4v) is 4.51. The lowest BCUT2D eigenvalue weighted by Gasteiger charge is -2.48. The fourth-order valence-electron chi connectivity index (χ4n) is 4.51. The third-order valence-corrected chi connectivity index (χ3v) is 6.10. The summed E-state index contributed by atoms with van der Waals surface area (Å²) in [4.78, 5) is 24.7. The summed E-state index contributed by atoms with van der Waals surface area (Å²) in [5, 5.41) is 8.42. The highest BCUT2D eigenvalue weighted by molar-refractivity contribution is 5.76. The molecule has 0 aliphatic carbocycles. The molecule has 188 valence electrons. The number of fused-ring (bicyclic) bond motifs is 1. The van der Waals surface area contributed by atoms with Gasteiger partial charge in [-0.25, -0.2) is 13.9 Å². The summed E-state index contributed by atoms with van der Waals surface area (Å²) < 4.78 is 44.0. The Bertz CT molecular complexity index is 1240. The minimum absolute atomic E-state index is 0.104. The zero-order valence-corrected chi connectivity index (χ0v) is 19.5. The van der Waals surface area contributed by atoms with Crippen molar-refractivity contribution in [1.29, 1.82) is 0 Å². The van der Waals surface area contributed by atoms with E-state index in [1.54, 1.807) is 18.3 Å². The predicted octanol–water partition coefficient (Wildman–Crippen LogP) is 2.61. The maximum absolute atomic E-state index is 13.8. The van der Waals surface area contributed by atoms with Crippen LogP contribution >= 0.6 is 0 Å². The van der Waals surface area contributed by atoms with E-state index in [1.165, 1.54) is 30.8 Å². The van der Waals surface area contributed by atoms with Crippen molar-refractivity contribution in [1.82, 2.24) is 15.0 Å². The van der Waals surface area contributed by atoms with Crippen LogP contribution in [-0.4, -0.2) is 65.1 Å². The molecular weight excluding hydrogens is 473 g/mol. The molecule has 0 amide bonds. The zero-order chi connectivity index (χ0) is 25.2. The first kappa shape index (κ1) is 24.0. The molecule has 36 heavy (non-hydrogen) atoms. The van der Waals surface area contributed by atoms with Gasteiger partial charge >= 0.3 is 11.9 Å². The van der Waals surface area contributed by atoms with Crippen LogP contribution in [0.2, 0.25) is 0 Å². The highest BCUT2D eigenvalue weighted by atomic mass is 19.1. The zero-order valence-electron chi connectivity index (χ0n) is 19.5. The van der Waals surface area contributed by atoms with E-state index >= 15 is 0 Å². The summed E-state index contributed by atoms with van der Waals surface area (Å²) >= 11 is 0. The molecule has 3 aromatic rings. The third kappa shape index (κ3) is 4.72. The van der Waals surface area contributed by atoms with Crippen molar-refractivity contribution in [2.24, 2.45) is 0 Å². The number of carbonyl (C=O) groups excluding carboxylic acids is 2. The number of ether oxygens (including phenoxy) is 5. The number of hydrogen-bond donors (Lipinski definition) is 0. The van der Waals surface area contributed by atoms with Crippen LogP contribution in [0.15, 0.2) is 60.8 Å². The Morgan fingerprint density at radius 2 is 1.92 bits per heavy atom. The Morgan fingerprint density at radius 1 is 1.11 bits per heavy atom. The van der Waals surface area contributed by atoms with Gasteiger partial charge in [0.25, 0.3) is 0 Å². The van der Waals surface area contributed by atoms with Crippen LogP contribution in [0.3, 0.4) is 0 Å². The van der Waals surface area contributed by atoms with Gasteiger partial charge in [-0.15, -0.1) is 5.10 Å². The molecule has 2 aromatic carbocycles. The summed E-state index contributed by atoms with van der Waals surface area (Å²) in [5.74, 6) is -1.77. The monoisotopic (exact) mass is 497 g/mol. The van der Waals surface area contributed by atoms with Crippen molar-refractivity contribution in [3.05, 3.63) is 72.2 Å². The molecule has 3 heterocycles. The summed E-state index contributed by atoms with van der Waals surface area (Å²) in [6.45, 7) is 1.33. The lowest BCUT2D eigenvalue weighted by atomic mass is 9.91. The van der Waals surface area contributed by atoms with E-state index in [9.17, 15) is 14.0 Å². The molecule has 0 spiro atoms. The first-order valence-corrected chi connectivity index (χ1v) is 11.3. The molecule has 5 rings (SSSR count). The van der Waals surface area contributed by atoms with E-state index in [0.717, 1.165) is 5.56 Å². The van der Waals surface area contributed by atoms with Crippen molar-refractivity contribution < 1.29 is 37.7 Å². The summed E-state index contributed by atoms with van der Waals surface area (Å²) in [7, 11) is 1.22. The van der Waals surface area contributed by atoms with Crippen LogP contribution in [0.25, 0.3) is 11.3 Å². The highest BCUT2D eigenvalue weighted by Gasteiger charge is 2.55. The number of esters is 2. The van der Waals surface area contributed by atoms with Crippen LogP contribution in [0, 0.1) is 5.82 Å². The number of methoxy groups -OCH3 is 1. The molecule has 2 saturated heterocycles. The Kier molecular flexibility index (Phi) is 6.77. The number of benzene rings is 2. The van der Waals surface area contributed by atoms with Gasteiger partial charge in [-0.2, -0.15) is 0 Å². The minimum atomic E-state index is -1.26. The third-order valence-electron chi connectivity index (χ3n) is 6.10. The van der Waals surface area contributed by atoms with Crippen molar-refractivity contribution in [3.63, 3.8) is 0 Å². The normalized spacial score (nSPS) is 27.6. The van der Waals surface area contributed by atoms with Gasteiger partial charge in [-0.05, 0) is 12.1 Å². The largest absolute Gasteiger partial charge is 0.467 e. The molecular formula is C25H24FN3O7. The maximum atomic E-state index is 13.8. The SMILES string of the molecule is COC(=O)[C@@H]1O[C@@H]2CO[C@H](c3ccccc3)O[C@@H]2[C@H](n2cc(-c3cccc(F)c3)nn2)[C@H]1OC(C)=O. The van der Waals surface area contributed by atoms with Gasteiger partial charge in [-0.1, -0.05) is 47.7 Å². The molecule has 11 heteroatoms. The van der Waals surface area contributed by atoms with Crippen LogP contribution in [-0.2, 0) is 33.3 Å². The maximum Gasteiger partial charge on any atom is 0.339 e. The highest BCUT2D eigenvalue weighted by Crippen LogP contribution is 2.41. The number of aromatic nitrogens is 3. The van der Waals surface area contributed by atoms with Gasteiger partial charge in [0.05, 0.1) is 19.9 Å². The van der Waals surface area contributed by atoms with Gasteiger partial charge in [0.2, 0.25) is 0 Å². The van der Waals surface area contributed by atoms with E-state index in [4.69, 9.17) is 23.7 Å². The Labute approximate surface area is 205 Å². The van der Waals surface area contributed by atoms with Crippen molar-refractivity contribution in [2.45, 2.75) is 43.7 Å². The molecule has 0 radical (unpaired) electrons. The Morgan fingerprint density at radius 3 is 2.64 bits per heavy atom. The molecule has 2 aliphatic rings. The van der Waals surface area contributed by atoms with Crippen molar-refractivity contribution in [2.75, 3.05) is 13.7 Å². The molecule has 0 unspecified atom stereocenters. The quantitative estimate of drug-likeness (QED) is 0.491. The number of hydrogen-bond acceptors (Lipinski definition) is 9. The lowest BCUT2D eigenvalue weighted by molar-refractivity contribution is -0.315. The fraction of sp³-hybridized carbons (Fsp3) is 0.360. The molecule has 2 aliphatic heterocycles. The molecule has 1 aromatic heterocycles. The average Bonchev–Trinajstić information content (AvgIpc) is 3.37. The molecule has 0 bridgehead atoms. The molecule has 10 nitrogen and oxygen atoms in total. The van der Waals surface area contributed by atoms with Crippen LogP contribution in [0.4, 0.5) is 4.39 Å². The molecule has 0 saturated carbocycles. The average molecular weight is 497 g/mol. The number of nitrogens with zero attached hydrogens (tertiary/aromatic N) is 3. The molecule has 6 atom stereocenters. The van der Waals surface area contributed by atoms with Crippen LogP contribution in [0.1, 0.15) is 24.8 Å². The van der Waals surface area contributed by atoms with Gasteiger partial charge in [0, 0.05) is 18.1 Å². The number of rotatable bonds is 5. The number of carbonyl (C=O) groups is 2. The van der Waals surface area contributed by atoms with Crippen LogP contribution in [0.5, 0.6) is 0 Å². The van der Waals surface area contributed by atoms with E-state index in [1.807, 2.05) is 30.3 Å². The second-order valence-electron chi connectivity index (χ2n) is 8.45. The van der Waals surface area contributed by atoms with Gasteiger partial charge in [-0.3, -0.25) is 4.79 Å². The number of halogens is 1. The summed E-state index contributed by atoms with van der Waals surface area (Å²) in [6, 6.07) is 14.4. The van der Waals surface area contributed by atoms with Crippen molar-refractivity contribution >= 4 is 11.9 Å². The summed E-state index contributed by atoms with van der Waals surface area (Å²) in [6.07, 6.45) is -2.98. The van der Waals surface area contributed by atoms with E-state index < -0.39 is 54.5 Å². The molecule has 0 N–H and O–H groups in total. The topological polar surface area (TPSA) is 111 Å². The first-order valence-electron chi connectivity index (χ1n) is 11.3. The van der Waals surface area contributed by atoms with Crippen LogP contribution < -0.4 is 0 Å². The Hall–Kier alpha value is -3.67. The van der Waals surface area contributed by atoms with Gasteiger partial charge in [0.15, 0.2) is 18.5 Å². The predicted molar refractivity (Wildman–Crippen MR) is 121 cm³/mol. The second kappa shape index (κ2) is 10.1. The summed E-state index contributed by atoms with van der Waals surface area (Å²) in [5.41, 5.74) is 1.68. The van der Waals surface area contributed by atoms with Crippen molar-refractivity contribution in [3.8, 4) is 11.3 Å². The second-order valence-corrected chi connectivity index (χ2v) is 8.45. The first-order chi connectivity index (χ1) is 17.4. The molecule has 2 fully saturated rings. The van der Waals surface area contributed by atoms with E-state index in [2.05, 4.69) is 10.3 Å². The standard InChI is InChI=1S/C25H24FN3O7/c1-14(30)34-22-20(29-12-18(27-28-29)16-9-6-10-17(26)11-16)21-19(35-23(22)24(31)32-2)13-33-25(36-21)15-7-4-3-5-8-15/h3-12,19-23,25H,13H2,1-2H3/t19-,20+,21+,22-,23-,25+/m1/s1. The minimum Gasteiger partial charge on any atom is -0.467 e. The Balaban J connectivity index is 1.55. The smallest absolute Gasteiger partial charge is 0.339 e. The lowest BCUT2D eigenvalue weighted by Crippen LogP contribution is -2.62. The van der Waals surface area contributed by atoms with E-state index in [-0.39, 0.29) is 6.61 Å².